The molecule has 1 heterocycles. The zero-order chi connectivity index (χ0) is 12.1. The van der Waals surface area contributed by atoms with Crippen LogP contribution in [0.3, 0.4) is 0 Å². The molecule has 2 rings (SSSR count). The first-order valence-electron chi connectivity index (χ1n) is 6.39. The number of rotatable bonds is 4. The van der Waals surface area contributed by atoms with Crippen molar-refractivity contribution in [3.63, 3.8) is 0 Å². The van der Waals surface area contributed by atoms with Crippen LogP contribution in [0.5, 0.6) is 0 Å². The second kappa shape index (κ2) is 6.15. The van der Waals surface area contributed by atoms with E-state index < -0.39 is 0 Å². The van der Waals surface area contributed by atoms with Crippen molar-refractivity contribution in [2.45, 2.75) is 12.6 Å². The van der Waals surface area contributed by atoms with Gasteiger partial charge in [0.15, 0.2) is 0 Å². The monoisotopic (exact) mass is 233 g/mol. The van der Waals surface area contributed by atoms with Crippen molar-refractivity contribution in [3.05, 3.63) is 35.9 Å². The summed E-state index contributed by atoms with van der Waals surface area (Å²) < 4.78 is 0. The number of likely N-dealkylation sites (N-methyl/N-ethyl adjacent to an activating group) is 1. The summed E-state index contributed by atoms with van der Waals surface area (Å²) >= 11 is 0. The number of nitrogens with one attached hydrogen (secondary N) is 1. The minimum absolute atomic E-state index is 0.624. The summed E-state index contributed by atoms with van der Waals surface area (Å²) in [4.78, 5) is 4.86. The Bertz CT molecular complexity index is 323. The summed E-state index contributed by atoms with van der Waals surface area (Å²) in [5.41, 5.74) is 1.41. The Morgan fingerprint density at radius 1 is 1.29 bits per heavy atom. The summed E-state index contributed by atoms with van der Waals surface area (Å²) in [7, 11) is 4.30. The zero-order valence-corrected chi connectivity index (χ0v) is 10.9. The molecule has 3 nitrogen and oxygen atoms in total. The predicted octanol–water partition coefficient (Wildman–Crippen LogP) is 1.02. The molecule has 94 valence electrons. The topological polar surface area (TPSA) is 18.5 Å². The largest absolute Gasteiger partial charge is 0.314 e. The molecule has 1 aromatic rings. The Balaban J connectivity index is 1.96. The van der Waals surface area contributed by atoms with E-state index in [4.69, 9.17) is 0 Å². The van der Waals surface area contributed by atoms with E-state index in [0.29, 0.717) is 6.04 Å². The number of benzene rings is 1. The third-order valence-corrected chi connectivity index (χ3v) is 3.28. The molecule has 1 aromatic carbocycles. The molecule has 0 saturated carbocycles. The second-order valence-corrected chi connectivity index (χ2v) is 5.08. The molecule has 1 atom stereocenters. The van der Waals surface area contributed by atoms with Crippen LogP contribution >= 0.6 is 0 Å². The Kier molecular flexibility index (Phi) is 4.54. The maximum absolute atomic E-state index is 3.49. The highest BCUT2D eigenvalue weighted by Gasteiger charge is 2.22. The molecule has 0 aliphatic carbocycles. The first-order chi connectivity index (χ1) is 8.25. The lowest BCUT2D eigenvalue weighted by Gasteiger charge is -2.37. The van der Waals surface area contributed by atoms with E-state index in [1.165, 1.54) is 5.56 Å². The van der Waals surface area contributed by atoms with Crippen LogP contribution in [-0.2, 0) is 6.54 Å². The van der Waals surface area contributed by atoms with Crippen molar-refractivity contribution in [3.8, 4) is 0 Å². The Hall–Kier alpha value is -0.900. The molecule has 1 aliphatic rings. The molecule has 1 fully saturated rings. The van der Waals surface area contributed by atoms with Gasteiger partial charge in [0, 0.05) is 38.8 Å². The highest BCUT2D eigenvalue weighted by molar-refractivity contribution is 5.14. The van der Waals surface area contributed by atoms with Crippen molar-refractivity contribution < 1.29 is 0 Å². The molecular weight excluding hydrogens is 210 g/mol. The van der Waals surface area contributed by atoms with Gasteiger partial charge in [-0.15, -0.1) is 0 Å². The molecule has 1 saturated heterocycles. The molecule has 0 spiro atoms. The molecule has 0 aromatic heterocycles. The van der Waals surface area contributed by atoms with Crippen LogP contribution in [0.4, 0.5) is 0 Å². The molecule has 17 heavy (non-hydrogen) atoms. The lowest BCUT2D eigenvalue weighted by Crippen LogP contribution is -2.54. The van der Waals surface area contributed by atoms with E-state index in [9.17, 15) is 0 Å². The highest BCUT2D eigenvalue weighted by Crippen LogP contribution is 2.10. The van der Waals surface area contributed by atoms with E-state index in [2.05, 4.69) is 59.5 Å². The van der Waals surface area contributed by atoms with Gasteiger partial charge in [-0.25, -0.2) is 0 Å². The van der Waals surface area contributed by atoms with Crippen LogP contribution in [0.15, 0.2) is 30.3 Å². The van der Waals surface area contributed by atoms with E-state index >= 15 is 0 Å². The van der Waals surface area contributed by atoms with Gasteiger partial charge in [0.2, 0.25) is 0 Å². The smallest absolute Gasteiger partial charge is 0.0351 e. The van der Waals surface area contributed by atoms with E-state index in [0.717, 1.165) is 32.7 Å². The van der Waals surface area contributed by atoms with Crippen molar-refractivity contribution in [1.29, 1.82) is 0 Å². The number of hydrogen-bond acceptors (Lipinski definition) is 3. The minimum Gasteiger partial charge on any atom is -0.314 e. The summed E-state index contributed by atoms with van der Waals surface area (Å²) in [5, 5.41) is 3.49. The average Bonchev–Trinajstić information content (AvgIpc) is 2.32. The minimum atomic E-state index is 0.624. The number of piperazine rings is 1. The maximum Gasteiger partial charge on any atom is 0.0351 e. The lowest BCUT2D eigenvalue weighted by molar-refractivity contribution is 0.126. The SMILES string of the molecule is CN(C)CC1CNCCN1Cc1ccccc1. The van der Waals surface area contributed by atoms with Gasteiger partial charge < -0.3 is 10.2 Å². The molecule has 0 amide bonds. The second-order valence-electron chi connectivity index (χ2n) is 5.08. The first-order valence-corrected chi connectivity index (χ1v) is 6.39. The van der Waals surface area contributed by atoms with Crippen LogP contribution in [0.25, 0.3) is 0 Å². The van der Waals surface area contributed by atoms with Crippen molar-refractivity contribution in [2.24, 2.45) is 0 Å². The van der Waals surface area contributed by atoms with Crippen molar-refractivity contribution in [1.82, 2.24) is 15.1 Å². The van der Waals surface area contributed by atoms with E-state index in [-0.39, 0.29) is 0 Å². The molecule has 0 bridgehead atoms. The Morgan fingerprint density at radius 2 is 2.06 bits per heavy atom. The fourth-order valence-electron chi connectivity index (χ4n) is 2.43. The highest BCUT2D eigenvalue weighted by atomic mass is 15.2. The molecule has 0 radical (unpaired) electrons. The predicted molar refractivity (Wildman–Crippen MR) is 72.1 cm³/mol. The van der Waals surface area contributed by atoms with Gasteiger partial charge in [0.05, 0.1) is 0 Å². The molecule has 1 N–H and O–H groups in total. The average molecular weight is 233 g/mol. The summed E-state index contributed by atoms with van der Waals surface area (Å²) in [6.45, 7) is 5.55. The quantitative estimate of drug-likeness (QED) is 0.838. The van der Waals surface area contributed by atoms with Gasteiger partial charge in [0.1, 0.15) is 0 Å². The molecular formula is C14H23N3. The fraction of sp³-hybridized carbons (Fsp3) is 0.571. The first kappa shape index (κ1) is 12.6. The summed E-state index contributed by atoms with van der Waals surface area (Å²) in [6.07, 6.45) is 0. The third kappa shape index (κ3) is 3.80. The Morgan fingerprint density at radius 3 is 2.76 bits per heavy atom. The van der Waals surface area contributed by atoms with Gasteiger partial charge in [-0.2, -0.15) is 0 Å². The van der Waals surface area contributed by atoms with Crippen LogP contribution < -0.4 is 5.32 Å². The fourth-order valence-corrected chi connectivity index (χ4v) is 2.43. The van der Waals surface area contributed by atoms with Gasteiger partial charge in [-0.05, 0) is 19.7 Å². The van der Waals surface area contributed by atoms with Crippen LogP contribution in [0, 0.1) is 0 Å². The van der Waals surface area contributed by atoms with Gasteiger partial charge in [0.25, 0.3) is 0 Å². The number of nitrogens with zero attached hydrogens (tertiary/aromatic N) is 2. The van der Waals surface area contributed by atoms with Gasteiger partial charge in [-0.3, -0.25) is 4.90 Å². The molecule has 1 unspecified atom stereocenters. The van der Waals surface area contributed by atoms with Crippen molar-refractivity contribution in [2.75, 3.05) is 40.3 Å². The summed E-state index contributed by atoms with van der Waals surface area (Å²) in [6, 6.07) is 11.4. The van der Waals surface area contributed by atoms with E-state index in [1.807, 2.05) is 0 Å². The maximum atomic E-state index is 3.49. The van der Waals surface area contributed by atoms with E-state index in [1.54, 1.807) is 0 Å². The zero-order valence-electron chi connectivity index (χ0n) is 10.9. The van der Waals surface area contributed by atoms with Crippen LogP contribution in [-0.4, -0.2) is 56.1 Å². The van der Waals surface area contributed by atoms with Crippen molar-refractivity contribution >= 4 is 0 Å². The van der Waals surface area contributed by atoms with Crippen LogP contribution in [0.2, 0.25) is 0 Å². The van der Waals surface area contributed by atoms with Gasteiger partial charge in [-0.1, -0.05) is 30.3 Å². The van der Waals surface area contributed by atoms with Crippen LogP contribution in [0.1, 0.15) is 5.56 Å². The Labute approximate surface area is 104 Å². The molecule has 1 aliphatic heterocycles. The molecule has 3 heteroatoms. The van der Waals surface area contributed by atoms with Gasteiger partial charge >= 0.3 is 0 Å². The number of hydrogen-bond donors (Lipinski definition) is 1. The summed E-state index contributed by atoms with van der Waals surface area (Å²) in [5.74, 6) is 0. The normalized spacial score (nSPS) is 21.9. The standard InChI is InChI=1S/C14H23N3/c1-16(2)12-14-10-15-8-9-17(14)11-13-6-4-3-5-7-13/h3-7,14-15H,8-12H2,1-2H3. The third-order valence-electron chi connectivity index (χ3n) is 3.28. The lowest BCUT2D eigenvalue weighted by atomic mass is 10.1.